The first-order valence-corrected chi connectivity index (χ1v) is 19.3. The number of benzene rings is 3. The summed E-state index contributed by atoms with van der Waals surface area (Å²) in [6.45, 7) is 3.91. The molecular weight excluding hydrogens is 767 g/mol. The average molecular weight is 810 g/mol. The van der Waals surface area contributed by atoms with Crippen LogP contribution in [-0.4, -0.2) is 138 Å². The molecule has 3 atom stereocenters. The molecule has 3 aromatic rings. The highest BCUT2D eigenvalue weighted by molar-refractivity contribution is 7.93. The molecule has 3 aliphatic heterocycles. The summed E-state index contributed by atoms with van der Waals surface area (Å²) in [5.74, 6) is -2.74. The van der Waals surface area contributed by atoms with Crippen LogP contribution in [0, 0.1) is 0 Å². The second-order valence-electron chi connectivity index (χ2n) is 14.0. The van der Waals surface area contributed by atoms with Crippen molar-refractivity contribution in [1.29, 1.82) is 0 Å². The van der Waals surface area contributed by atoms with Gasteiger partial charge in [-0.05, 0) is 67.9 Å². The third-order valence-electron chi connectivity index (χ3n) is 10.4. The van der Waals surface area contributed by atoms with Gasteiger partial charge in [0.25, 0.3) is 15.9 Å². The van der Waals surface area contributed by atoms with Gasteiger partial charge in [-0.15, -0.1) is 13.2 Å². The predicted octanol–water partition coefficient (Wildman–Crippen LogP) is 3.55. The number of ether oxygens (including phenoxy) is 3. The molecule has 0 aliphatic carbocycles. The number of β-amino-alcohol motifs (C(OH)–C–C–N with tert-alkyl or cyclic N) is 1. The zero-order valence-corrected chi connectivity index (χ0v) is 32.5. The number of halogens is 4. The van der Waals surface area contributed by atoms with Gasteiger partial charge >= 0.3 is 6.36 Å². The number of likely N-dealkylation sites (N-methyl/N-ethyl adjacent to an activating group) is 2. The fraction of sp³-hybridized carbons (Fsp3) is 0.459. The number of likely N-dealkylation sites (tertiary alicyclic amines) is 1. The van der Waals surface area contributed by atoms with E-state index in [0.717, 1.165) is 49.9 Å². The number of fused-ring (bicyclic) bond motifs is 1. The Hall–Kier alpha value is -4.13. The normalized spacial score (nSPS) is 22.5. The zero-order valence-electron chi connectivity index (χ0n) is 31.0. The lowest BCUT2D eigenvalue weighted by Crippen LogP contribution is -2.59. The molecule has 18 heteroatoms. The van der Waals surface area contributed by atoms with Crippen molar-refractivity contribution < 1.29 is 50.5 Å². The fourth-order valence-electron chi connectivity index (χ4n) is 7.68. The van der Waals surface area contributed by atoms with Crippen LogP contribution in [0.25, 0.3) is 0 Å². The van der Waals surface area contributed by atoms with Crippen molar-refractivity contribution >= 4 is 39.1 Å². The molecule has 0 spiro atoms. The number of sulfonamides is 1. The van der Waals surface area contributed by atoms with Crippen LogP contribution >= 0.6 is 11.6 Å². The Morgan fingerprint density at radius 3 is 2.33 bits per heavy atom. The molecule has 0 saturated carbocycles. The van der Waals surface area contributed by atoms with Crippen LogP contribution in [0.15, 0.2) is 59.5 Å². The number of carbonyl (C=O) groups is 2. The van der Waals surface area contributed by atoms with Gasteiger partial charge in [-0.25, -0.2) is 12.7 Å². The number of nitrogens with zero attached hydrogens (tertiary/aromatic N) is 5. The second kappa shape index (κ2) is 15.4. The number of hydrogen-bond acceptors (Lipinski definition) is 11. The van der Waals surface area contributed by atoms with Crippen LogP contribution in [0.2, 0.25) is 5.02 Å². The molecule has 0 radical (unpaired) electrons. The van der Waals surface area contributed by atoms with E-state index in [1.807, 2.05) is 6.07 Å². The number of hydrogen-bond donors (Lipinski definition) is 1. The summed E-state index contributed by atoms with van der Waals surface area (Å²) in [5, 5.41) is 11.3. The highest BCUT2D eigenvalue weighted by Gasteiger charge is 2.64. The number of alkyl halides is 3. The molecule has 3 heterocycles. The van der Waals surface area contributed by atoms with E-state index in [2.05, 4.69) is 21.6 Å². The maximum absolute atomic E-state index is 15.7. The first-order chi connectivity index (χ1) is 25.9. The number of methoxy groups -OCH3 is 2. The van der Waals surface area contributed by atoms with Crippen molar-refractivity contribution in [1.82, 2.24) is 19.6 Å². The molecule has 0 bridgehead atoms. The summed E-state index contributed by atoms with van der Waals surface area (Å²) < 4.78 is 86.4. The molecule has 6 rings (SSSR count). The molecule has 2 saturated heterocycles. The maximum Gasteiger partial charge on any atom is 0.573 e. The van der Waals surface area contributed by atoms with Crippen LogP contribution in [0.4, 0.5) is 18.9 Å². The topological polar surface area (TPSA) is 132 Å². The van der Waals surface area contributed by atoms with E-state index in [0.29, 0.717) is 17.3 Å². The summed E-state index contributed by atoms with van der Waals surface area (Å²) >= 11 is 6.61. The SMILES string of the molecule is COc1ccc(S(=O)(=O)N2C(=O)C(c3cc(CCN4CCN(C)CC4)ccc3OC)(N3C[C@H](O)C[C@H]3C(=O)N(C)C)c3cc(Cl)ccc32)c(OC(F)(F)F)c1. The molecule has 3 aromatic carbocycles. The summed E-state index contributed by atoms with van der Waals surface area (Å²) in [5.41, 5.74) is -1.51. The maximum atomic E-state index is 15.7. The Bertz CT molecular complexity index is 2060. The van der Waals surface area contributed by atoms with Crippen molar-refractivity contribution in [2.24, 2.45) is 0 Å². The van der Waals surface area contributed by atoms with Crippen LogP contribution in [0.3, 0.4) is 0 Å². The molecule has 55 heavy (non-hydrogen) atoms. The molecule has 1 unspecified atom stereocenters. The van der Waals surface area contributed by atoms with E-state index in [9.17, 15) is 31.5 Å². The molecule has 298 valence electrons. The minimum atomic E-state index is -5.32. The lowest BCUT2D eigenvalue weighted by molar-refractivity contribution is -0.275. The first kappa shape index (κ1) is 40.5. The van der Waals surface area contributed by atoms with Gasteiger partial charge in [0.2, 0.25) is 5.91 Å². The van der Waals surface area contributed by atoms with E-state index < -0.39 is 56.5 Å². The summed E-state index contributed by atoms with van der Waals surface area (Å²) in [6.07, 6.45) is -6.03. The van der Waals surface area contributed by atoms with Crippen LogP contribution in [-0.2, 0) is 31.6 Å². The number of amides is 2. The van der Waals surface area contributed by atoms with Gasteiger partial charge in [-0.2, -0.15) is 0 Å². The minimum absolute atomic E-state index is 0.0144. The molecule has 13 nitrogen and oxygen atoms in total. The third kappa shape index (κ3) is 7.57. The number of anilines is 1. The Morgan fingerprint density at radius 1 is 0.982 bits per heavy atom. The third-order valence-corrected chi connectivity index (χ3v) is 12.3. The Balaban J connectivity index is 1.61. The Kier molecular flexibility index (Phi) is 11.4. The Morgan fingerprint density at radius 2 is 1.69 bits per heavy atom. The second-order valence-corrected chi connectivity index (χ2v) is 16.2. The van der Waals surface area contributed by atoms with Crippen molar-refractivity contribution in [3.8, 4) is 17.2 Å². The van der Waals surface area contributed by atoms with Gasteiger partial charge in [0.15, 0.2) is 11.3 Å². The van der Waals surface area contributed by atoms with E-state index >= 15 is 4.79 Å². The standard InChI is InChI=1S/C37H43ClF3N5O8S/c1-42(2)34(48)30-20-25(47)22-45(30)36(28-18-23(6-10-31(28)53-5)12-13-44-16-14-43(3)15-17-44)27-19-24(38)7-9-29(27)46(35(36)49)55(50,51)33-11-8-26(52-4)21-32(33)54-37(39,40)41/h6-11,18-19,21,25,30,47H,12-17,20,22H2,1-5H3/t25-,30+,36?/m1/s1. The number of aliphatic hydroxyl groups excluding tert-OH is 1. The van der Waals surface area contributed by atoms with E-state index in [4.69, 9.17) is 21.1 Å². The van der Waals surface area contributed by atoms with Crippen molar-refractivity contribution in [2.75, 3.05) is 78.9 Å². The van der Waals surface area contributed by atoms with E-state index in [1.165, 1.54) is 56.3 Å². The van der Waals surface area contributed by atoms with E-state index in [-0.39, 0.29) is 46.3 Å². The van der Waals surface area contributed by atoms with Crippen LogP contribution in [0.1, 0.15) is 23.1 Å². The number of carbonyl (C=O) groups excluding carboxylic acids is 2. The van der Waals surface area contributed by atoms with Gasteiger partial charge < -0.3 is 34.0 Å². The van der Waals surface area contributed by atoms with Gasteiger partial charge in [0, 0.05) is 75.6 Å². The highest BCUT2D eigenvalue weighted by Crippen LogP contribution is 2.55. The summed E-state index contributed by atoms with van der Waals surface area (Å²) in [4.78, 5) is 35.9. The summed E-state index contributed by atoms with van der Waals surface area (Å²) in [6, 6.07) is 10.8. The van der Waals surface area contributed by atoms with Crippen molar-refractivity contribution in [3.05, 3.63) is 76.3 Å². The van der Waals surface area contributed by atoms with Gasteiger partial charge in [-0.3, -0.25) is 14.5 Å². The lowest BCUT2D eigenvalue weighted by atomic mass is 9.80. The van der Waals surface area contributed by atoms with Crippen molar-refractivity contribution in [2.45, 2.75) is 41.8 Å². The molecular formula is C37H43ClF3N5O8S. The molecule has 1 N–H and O–H groups in total. The number of aliphatic hydroxyl groups is 1. The van der Waals surface area contributed by atoms with Gasteiger partial charge in [0.1, 0.15) is 16.4 Å². The average Bonchev–Trinajstić information content (AvgIpc) is 3.64. The molecule has 3 aliphatic rings. The quantitative estimate of drug-likeness (QED) is 0.305. The largest absolute Gasteiger partial charge is 0.573 e. The number of rotatable bonds is 11. The molecule has 2 fully saturated rings. The highest BCUT2D eigenvalue weighted by atomic mass is 35.5. The molecule has 0 aromatic heterocycles. The monoisotopic (exact) mass is 809 g/mol. The number of piperazine rings is 1. The summed E-state index contributed by atoms with van der Waals surface area (Å²) in [7, 11) is 2.39. The van der Waals surface area contributed by atoms with Gasteiger partial charge in [-0.1, -0.05) is 17.7 Å². The molecule has 2 amide bonds. The van der Waals surface area contributed by atoms with Crippen LogP contribution in [0.5, 0.6) is 17.2 Å². The zero-order chi connectivity index (χ0) is 40.0. The minimum Gasteiger partial charge on any atom is -0.497 e. The first-order valence-electron chi connectivity index (χ1n) is 17.5. The van der Waals surface area contributed by atoms with Crippen LogP contribution < -0.4 is 18.5 Å². The van der Waals surface area contributed by atoms with E-state index in [1.54, 1.807) is 12.1 Å². The smallest absolute Gasteiger partial charge is 0.497 e. The van der Waals surface area contributed by atoms with Gasteiger partial charge in [0.05, 0.1) is 32.1 Å². The Labute approximate surface area is 322 Å². The fourth-order valence-corrected chi connectivity index (χ4v) is 9.41. The predicted molar refractivity (Wildman–Crippen MR) is 197 cm³/mol. The lowest BCUT2D eigenvalue weighted by Gasteiger charge is -2.42. The van der Waals surface area contributed by atoms with Crippen molar-refractivity contribution in [3.63, 3.8) is 0 Å².